The topological polar surface area (TPSA) is 144 Å². The summed E-state index contributed by atoms with van der Waals surface area (Å²) in [5.74, 6) is -0.725. The van der Waals surface area contributed by atoms with Gasteiger partial charge in [-0.3, -0.25) is 9.48 Å². The minimum Gasteiger partial charge on any atom is -0.381 e. The van der Waals surface area contributed by atoms with Crippen LogP contribution in [0.3, 0.4) is 0 Å². The number of nitrogens with two attached hydrogens (primary N) is 1. The van der Waals surface area contributed by atoms with E-state index in [1.807, 2.05) is 17.2 Å². The molecule has 1 fully saturated rings. The van der Waals surface area contributed by atoms with Crippen LogP contribution in [-0.2, 0) is 17.9 Å². The van der Waals surface area contributed by atoms with Crippen LogP contribution in [-0.4, -0.2) is 58.6 Å². The molecule has 1 aromatic carbocycles. The van der Waals surface area contributed by atoms with Crippen LogP contribution < -0.4 is 5.73 Å². The molecule has 2 N–H and O–H groups in total. The molecule has 0 aliphatic carbocycles. The zero-order valence-electron chi connectivity index (χ0n) is 19.6. The predicted molar refractivity (Wildman–Crippen MR) is 127 cm³/mol. The van der Waals surface area contributed by atoms with Crippen LogP contribution in [0, 0.1) is 24.1 Å². The third kappa shape index (κ3) is 4.50. The van der Waals surface area contributed by atoms with Crippen LogP contribution in [0.25, 0.3) is 22.8 Å². The first-order valence-corrected chi connectivity index (χ1v) is 11.5. The van der Waals surface area contributed by atoms with E-state index in [2.05, 4.69) is 31.4 Å². The Morgan fingerprint density at radius 2 is 2.06 bits per heavy atom. The first kappa shape index (κ1) is 23.1. The van der Waals surface area contributed by atoms with Crippen molar-refractivity contribution in [1.82, 2.24) is 39.6 Å². The number of hydrogen-bond donors (Lipinski definition) is 1. The first-order valence-electron chi connectivity index (χ1n) is 11.5. The molecule has 11 nitrogen and oxygen atoms in total. The lowest BCUT2D eigenvalue weighted by molar-refractivity contribution is -0.127. The summed E-state index contributed by atoms with van der Waals surface area (Å²) in [6.45, 7) is 4.12. The lowest BCUT2D eigenvalue weighted by Gasteiger charge is -2.14. The molecular weight excluding hydrogens is 463 g/mol. The molecule has 0 unspecified atom stereocenters. The number of hydrogen-bond acceptors (Lipinski definition) is 8. The normalized spacial score (nSPS) is 13.4. The minimum atomic E-state index is -0.791. The van der Waals surface area contributed by atoms with Crippen molar-refractivity contribution in [3.05, 3.63) is 59.3 Å². The molecule has 4 aromatic rings. The molecule has 0 atom stereocenters. The van der Waals surface area contributed by atoms with Crippen LogP contribution in [0.4, 0.5) is 10.2 Å². The molecule has 0 saturated carbocycles. The van der Waals surface area contributed by atoms with Crippen LogP contribution in [0.2, 0.25) is 0 Å². The Balaban J connectivity index is 1.34. The lowest BCUT2D eigenvalue weighted by Crippen LogP contribution is -2.28. The molecule has 12 heteroatoms. The Labute approximate surface area is 206 Å². The summed E-state index contributed by atoms with van der Waals surface area (Å²) in [5.41, 5.74) is 8.43. The van der Waals surface area contributed by atoms with Gasteiger partial charge in [-0.1, -0.05) is 17.3 Å². The number of nitrogen functional groups attached to an aromatic ring is 1. The van der Waals surface area contributed by atoms with E-state index in [9.17, 15) is 14.4 Å². The number of halogens is 1. The molecular formula is C24H23FN10O. The molecule has 1 aliphatic rings. The molecule has 36 heavy (non-hydrogen) atoms. The van der Waals surface area contributed by atoms with Crippen molar-refractivity contribution in [2.75, 3.05) is 18.8 Å². The van der Waals surface area contributed by atoms with E-state index in [4.69, 9.17) is 5.73 Å². The van der Waals surface area contributed by atoms with Crippen LogP contribution in [0.1, 0.15) is 29.7 Å². The van der Waals surface area contributed by atoms with Gasteiger partial charge in [0.1, 0.15) is 11.4 Å². The van der Waals surface area contributed by atoms with Crippen molar-refractivity contribution in [2.24, 2.45) is 0 Å². The van der Waals surface area contributed by atoms with Crippen LogP contribution >= 0.6 is 0 Å². The first-order chi connectivity index (χ1) is 17.4. The molecule has 182 valence electrons. The fourth-order valence-electron chi connectivity index (χ4n) is 4.18. The Morgan fingerprint density at radius 1 is 1.19 bits per heavy atom. The average molecular weight is 487 g/mol. The number of amides is 1. The summed E-state index contributed by atoms with van der Waals surface area (Å²) in [4.78, 5) is 22.1. The molecule has 1 aliphatic heterocycles. The number of likely N-dealkylation sites (tertiary alicyclic amines) is 1. The van der Waals surface area contributed by atoms with Gasteiger partial charge in [-0.2, -0.15) is 10.4 Å². The number of aromatic nitrogens is 7. The largest absolute Gasteiger partial charge is 0.381 e. The van der Waals surface area contributed by atoms with Gasteiger partial charge in [-0.15, -0.1) is 5.10 Å². The van der Waals surface area contributed by atoms with Crippen molar-refractivity contribution < 1.29 is 9.18 Å². The van der Waals surface area contributed by atoms with Crippen molar-refractivity contribution in [2.45, 2.75) is 32.9 Å². The highest BCUT2D eigenvalue weighted by atomic mass is 19.1. The summed E-state index contributed by atoms with van der Waals surface area (Å²) in [6, 6.07) is 9.12. The van der Waals surface area contributed by atoms with Gasteiger partial charge < -0.3 is 10.6 Å². The summed E-state index contributed by atoms with van der Waals surface area (Å²) < 4.78 is 18.2. The average Bonchev–Trinajstić information content (AvgIpc) is 3.62. The fraction of sp³-hybridized carbons (Fsp3) is 0.292. The maximum absolute atomic E-state index is 14.9. The monoisotopic (exact) mass is 486 g/mol. The van der Waals surface area contributed by atoms with E-state index in [0.29, 0.717) is 42.7 Å². The number of carbonyl (C=O) groups excluding carboxylic acids is 1. The molecule has 0 radical (unpaired) electrons. The van der Waals surface area contributed by atoms with E-state index >= 15 is 0 Å². The fourth-order valence-corrected chi connectivity index (χ4v) is 4.18. The number of carbonyl (C=O) groups is 1. The van der Waals surface area contributed by atoms with Gasteiger partial charge in [0, 0.05) is 31.3 Å². The highest BCUT2D eigenvalue weighted by Crippen LogP contribution is 2.28. The van der Waals surface area contributed by atoms with Gasteiger partial charge in [-0.05, 0) is 31.0 Å². The number of benzene rings is 1. The molecule has 3 aromatic heterocycles. The second-order valence-electron chi connectivity index (χ2n) is 8.54. The molecule has 0 bridgehead atoms. The van der Waals surface area contributed by atoms with Gasteiger partial charge in [0.15, 0.2) is 17.5 Å². The maximum atomic E-state index is 14.9. The maximum Gasteiger partial charge on any atom is 0.222 e. The Morgan fingerprint density at radius 3 is 2.83 bits per heavy atom. The van der Waals surface area contributed by atoms with E-state index in [1.54, 1.807) is 36.0 Å². The van der Waals surface area contributed by atoms with Gasteiger partial charge >= 0.3 is 0 Å². The summed E-state index contributed by atoms with van der Waals surface area (Å²) in [5, 5.41) is 22.0. The van der Waals surface area contributed by atoms with E-state index < -0.39 is 5.82 Å². The molecule has 1 amide bonds. The van der Waals surface area contributed by atoms with Crippen molar-refractivity contribution >= 4 is 11.7 Å². The minimum absolute atomic E-state index is 0.0775. The summed E-state index contributed by atoms with van der Waals surface area (Å²) in [7, 11) is 0. The Kier molecular flexibility index (Phi) is 6.12. The van der Waals surface area contributed by atoms with Crippen molar-refractivity contribution in [1.29, 1.82) is 5.26 Å². The van der Waals surface area contributed by atoms with Gasteiger partial charge in [-0.25, -0.2) is 19.0 Å². The number of nitriles is 1. The quantitative estimate of drug-likeness (QED) is 0.418. The summed E-state index contributed by atoms with van der Waals surface area (Å²) in [6.07, 6.45) is 4.94. The second-order valence-corrected chi connectivity index (χ2v) is 8.54. The molecule has 4 heterocycles. The van der Waals surface area contributed by atoms with Crippen molar-refractivity contribution in [3.63, 3.8) is 0 Å². The van der Waals surface area contributed by atoms with Crippen LogP contribution in [0.5, 0.6) is 0 Å². The smallest absolute Gasteiger partial charge is 0.222 e. The standard InChI is InChI=1S/C24H23FN10O/c1-15-16(12-26)4-2-5-18(15)24-28-22(21(25)23(27)29-24)19-14-35(32-30-19)13-17-7-9-34(31-17)11-10-33-8-3-6-20(33)36/h2,4-5,7,9,14H,3,6,8,10-11,13H2,1H3,(H2,27,28,29). The van der Waals surface area contributed by atoms with Gasteiger partial charge in [0.2, 0.25) is 5.91 Å². The highest BCUT2D eigenvalue weighted by molar-refractivity contribution is 5.78. The molecule has 0 spiro atoms. The number of rotatable bonds is 7. The van der Waals surface area contributed by atoms with E-state index in [1.165, 1.54) is 4.68 Å². The summed E-state index contributed by atoms with van der Waals surface area (Å²) >= 11 is 0. The van der Waals surface area contributed by atoms with Gasteiger partial charge in [0.25, 0.3) is 0 Å². The number of anilines is 1. The van der Waals surface area contributed by atoms with Crippen molar-refractivity contribution in [3.8, 4) is 28.8 Å². The molecule has 1 saturated heterocycles. The second kappa shape index (κ2) is 9.53. The van der Waals surface area contributed by atoms with Gasteiger partial charge in [0.05, 0.1) is 36.6 Å². The number of nitrogens with zero attached hydrogens (tertiary/aromatic N) is 9. The third-order valence-electron chi connectivity index (χ3n) is 6.14. The predicted octanol–water partition coefficient (Wildman–Crippen LogP) is 2.17. The van der Waals surface area contributed by atoms with E-state index in [0.717, 1.165) is 18.7 Å². The van der Waals surface area contributed by atoms with E-state index in [-0.39, 0.29) is 28.9 Å². The third-order valence-corrected chi connectivity index (χ3v) is 6.14. The Hall–Kier alpha value is -4.66. The molecule has 5 rings (SSSR count). The zero-order valence-corrected chi connectivity index (χ0v) is 19.6. The lowest BCUT2D eigenvalue weighted by atomic mass is 10.0. The Bertz CT molecular complexity index is 1480. The zero-order chi connectivity index (χ0) is 25.2. The highest BCUT2D eigenvalue weighted by Gasteiger charge is 2.21. The SMILES string of the molecule is Cc1c(C#N)cccc1-c1nc(N)c(F)c(-c2cn(Cc3ccn(CCN4CCCC4=O)n3)nn2)n1. The van der Waals surface area contributed by atoms with Crippen LogP contribution in [0.15, 0.2) is 36.7 Å².